The lowest BCUT2D eigenvalue weighted by atomic mass is 10.1. The number of aromatic nitrogens is 1. The molecule has 0 bridgehead atoms. The molecule has 2 atom stereocenters. The fraction of sp³-hybridized carbons (Fsp3) is 0.136. The fourth-order valence-electron chi connectivity index (χ4n) is 3.80. The van der Waals surface area contributed by atoms with Crippen LogP contribution >= 0.6 is 0 Å². The van der Waals surface area contributed by atoms with Crippen LogP contribution in [0.2, 0.25) is 0 Å². The van der Waals surface area contributed by atoms with E-state index in [0.29, 0.717) is 29.2 Å². The smallest absolute Gasteiger partial charge is 0.324 e. The standard InChI is InChI=1S/C22H18N4O3/c27-20-15-9-6-10-16(24-22(28)25-18-11-4-5-12-23-18)19(15)21-26(20)13-17(29-21)14-7-2-1-3-8-14/h1-12,17,21H,13H2,(H2,23,24,25,28). The third-order valence-electron chi connectivity index (χ3n) is 5.11. The average Bonchev–Trinajstić information content (AvgIpc) is 3.29. The molecule has 29 heavy (non-hydrogen) atoms. The van der Waals surface area contributed by atoms with Gasteiger partial charge in [-0.05, 0) is 29.8 Å². The lowest BCUT2D eigenvalue weighted by Crippen LogP contribution is -2.24. The van der Waals surface area contributed by atoms with Crippen molar-refractivity contribution in [2.24, 2.45) is 0 Å². The van der Waals surface area contributed by atoms with Gasteiger partial charge in [0.2, 0.25) is 0 Å². The summed E-state index contributed by atoms with van der Waals surface area (Å²) in [4.78, 5) is 31.1. The van der Waals surface area contributed by atoms with E-state index in [9.17, 15) is 9.59 Å². The van der Waals surface area contributed by atoms with Crippen LogP contribution in [0.25, 0.3) is 0 Å². The molecule has 0 spiro atoms. The van der Waals surface area contributed by atoms with E-state index in [2.05, 4.69) is 15.6 Å². The van der Waals surface area contributed by atoms with Gasteiger partial charge >= 0.3 is 6.03 Å². The Morgan fingerprint density at radius 1 is 1.00 bits per heavy atom. The van der Waals surface area contributed by atoms with Crippen LogP contribution in [0.5, 0.6) is 0 Å². The van der Waals surface area contributed by atoms with E-state index in [1.165, 1.54) is 0 Å². The highest BCUT2D eigenvalue weighted by Crippen LogP contribution is 2.46. The molecule has 0 radical (unpaired) electrons. The van der Waals surface area contributed by atoms with Gasteiger partial charge in [0.25, 0.3) is 5.91 Å². The lowest BCUT2D eigenvalue weighted by molar-refractivity contribution is 0.00951. The summed E-state index contributed by atoms with van der Waals surface area (Å²) in [5, 5.41) is 5.52. The first-order chi connectivity index (χ1) is 14.2. The Balaban J connectivity index is 1.41. The maximum absolute atomic E-state index is 12.9. The molecule has 7 heteroatoms. The molecular weight excluding hydrogens is 368 g/mol. The van der Waals surface area contributed by atoms with Crippen molar-refractivity contribution in [3.8, 4) is 0 Å². The van der Waals surface area contributed by atoms with Gasteiger partial charge in [0, 0.05) is 17.3 Å². The van der Waals surface area contributed by atoms with Crippen molar-refractivity contribution in [2.75, 3.05) is 17.2 Å². The molecule has 1 saturated heterocycles. The SMILES string of the molecule is O=C(Nc1ccccn1)Nc1cccc2c1C1OC(c3ccccc3)CN1C2=O. The third-order valence-corrected chi connectivity index (χ3v) is 5.11. The number of amides is 3. The number of benzene rings is 2. The Kier molecular flexibility index (Phi) is 4.22. The van der Waals surface area contributed by atoms with Crippen LogP contribution in [0.3, 0.4) is 0 Å². The molecule has 3 heterocycles. The van der Waals surface area contributed by atoms with Crippen molar-refractivity contribution in [1.29, 1.82) is 0 Å². The average molecular weight is 386 g/mol. The minimum atomic E-state index is -0.519. The highest BCUT2D eigenvalue weighted by molar-refractivity contribution is 6.04. The van der Waals surface area contributed by atoms with E-state index in [4.69, 9.17) is 4.74 Å². The molecule has 1 aromatic heterocycles. The maximum atomic E-state index is 12.9. The predicted molar refractivity (Wildman–Crippen MR) is 107 cm³/mol. The van der Waals surface area contributed by atoms with Crippen LogP contribution in [0, 0.1) is 0 Å². The Morgan fingerprint density at radius 3 is 2.62 bits per heavy atom. The van der Waals surface area contributed by atoms with Crippen molar-refractivity contribution >= 4 is 23.4 Å². The number of carbonyl (C=O) groups excluding carboxylic acids is 2. The molecule has 2 aliphatic heterocycles. The zero-order chi connectivity index (χ0) is 19.8. The van der Waals surface area contributed by atoms with E-state index in [1.54, 1.807) is 47.5 Å². The van der Waals surface area contributed by atoms with Crippen molar-refractivity contribution in [3.63, 3.8) is 0 Å². The van der Waals surface area contributed by atoms with Gasteiger partial charge in [-0.3, -0.25) is 10.1 Å². The number of fused-ring (bicyclic) bond motifs is 3. The van der Waals surface area contributed by atoms with E-state index in [-0.39, 0.29) is 12.0 Å². The first kappa shape index (κ1) is 17.4. The van der Waals surface area contributed by atoms with Gasteiger partial charge in [-0.1, -0.05) is 42.5 Å². The molecule has 2 N–H and O–H groups in total. The summed E-state index contributed by atoms with van der Waals surface area (Å²) in [5.41, 5.74) is 2.81. The van der Waals surface area contributed by atoms with Crippen molar-refractivity contribution in [1.82, 2.24) is 9.88 Å². The monoisotopic (exact) mass is 386 g/mol. The van der Waals surface area contributed by atoms with Crippen LogP contribution < -0.4 is 10.6 Å². The molecule has 2 aromatic carbocycles. The Labute approximate surface area is 167 Å². The fourth-order valence-corrected chi connectivity index (χ4v) is 3.80. The van der Waals surface area contributed by atoms with E-state index in [1.807, 2.05) is 30.3 Å². The minimum Gasteiger partial charge on any atom is -0.344 e. The van der Waals surface area contributed by atoms with Gasteiger partial charge in [0.15, 0.2) is 6.23 Å². The van der Waals surface area contributed by atoms with Gasteiger partial charge in [0.1, 0.15) is 11.9 Å². The van der Waals surface area contributed by atoms with Crippen molar-refractivity contribution < 1.29 is 14.3 Å². The normalized spacial score (nSPS) is 19.6. The highest BCUT2D eigenvalue weighted by atomic mass is 16.5. The van der Waals surface area contributed by atoms with Gasteiger partial charge < -0.3 is 15.0 Å². The number of hydrogen-bond donors (Lipinski definition) is 2. The Bertz CT molecular complexity index is 1070. The van der Waals surface area contributed by atoms with Gasteiger partial charge in [-0.2, -0.15) is 0 Å². The Hall–Kier alpha value is -3.71. The molecule has 2 aliphatic rings. The van der Waals surface area contributed by atoms with Crippen LogP contribution in [-0.2, 0) is 4.74 Å². The second-order valence-corrected chi connectivity index (χ2v) is 6.91. The number of hydrogen-bond acceptors (Lipinski definition) is 4. The Morgan fingerprint density at radius 2 is 1.83 bits per heavy atom. The first-order valence-electron chi connectivity index (χ1n) is 9.34. The first-order valence-corrected chi connectivity index (χ1v) is 9.34. The molecule has 5 rings (SSSR count). The highest BCUT2D eigenvalue weighted by Gasteiger charge is 2.46. The lowest BCUT2D eigenvalue weighted by Gasteiger charge is -2.16. The summed E-state index contributed by atoms with van der Waals surface area (Å²) >= 11 is 0. The number of carbonyl (C=O) groups is 2. The molecule has 0 saturated carbocycles. The minimum absolute atomic E-state index is 0.0859. The second-order valence-electron chi connectivity index (χ2n) is 6.91. The van der Waals surface area contributed by atoms with Crippen LogP contribution in [-0.4, -0.2) is 28.4 Å². The zero-order valence-corrected chi connectivity index (χ0v) is 15.4. The summed E-state index contributed by atoms with van der Waals surface area (Å²) in [6, 6.07) is 19.9. The molecule has 2 unspecified atom stereocenters. The summed E-state index contributed by atoms with van der Waals surface area (Å²) in [7, 11) is 0. The summed E-state index contributed by atoms with van der Waals surface area (Å²) < 4.78 is 6.23. The van der Waals surface area contributed by atoms with Crippen molar-refractivity contribution in [2.45, 2.75) is 12.3 Å². The number of rotatable bonds is 3. The molecule has 3 amide bonds. The molecular formula is C22H18N4O3. The number of pyridine rings is 1. The zero-order valence-electron chi connectivity index (χ0n) is 15.4. The second kappa shape index (κ2) is 7.03. The molecule has 3 aromatic rings. The van der Waals surface area contributed by atoms with Gasteiger partial charge in [-0.25, -0.2) is 9.78 Å². The van der Waals surface area contributed by atoms with Gasteiger partial charge in [-0.15, -0.1) is 0 Å². The molecule has 0 aliphatic carbocycles. The largest absolute Gasteiger partial charge is 0.344 e. The third kappa shape index (κ3) is 3.11. The van der Waals surface area contributed by atoms with E-state index in [0.717, 1.165) is 5.56 Å². The van der Waals surface area contributed by atoms with Crippen molar-refractivity contribution in [3.05, 3.63) is 89.6 Å². The molecule has 7 nitrogen and oxygen atoms in total. The topological polar surface area (TPSA) is 83.6 Å². The summed E-state index contributed by atoms with van der Waals surface area (Å²) in [5.74, 6) is 0.355. The van der Waals surface area contributed by atoms with E-state index < -0.39 is 12.3 Å². The number of urea groups is 1. The number of nitrogens with one attached hydrogen (secondary N) is 2. The van der Waals surface area contributed by atoms with Crippen LogP contribution in [0.1, 0.15) is 33.8 Å². The van der Waals surface area contributed by atoms with Crippen LogP contribution in [0.4, 0.5) is 16.3 Å². The molecule has 1 fully saturated rings. The number of ether oxygens (including phenoxy) is 1. The van der Waals surface area contributed by atoms with Gasteiger partial charge in [0.05, 0.1) is 12.2 Å². The number of nitrogens with zero attached hydrogens (tertiary/aromatic N) is 2. The van der Waals surface area contributed by atoms with Crippen LogP contribution in [0.15, 0.2) is 72.9 Å². The summed E-state index contributed by atoms with van der Waals surface area (Å²) in [6.07, 6.45) is 0.880. The summed E-state index contributed by atoms with van der Waals surface area (Å²) in [6.45, 7) is 0.474. The quantitative estimate of drug-likeness (QED) is 0.714. The maximum Gasteiger partial charge on any atom is 0.324 e. The molecule has 144 valence electrons. The number of anilines is 2. The van der Waals surface area contributed by atoms with E-state index >= 15 is 0 Å². The predicted octanol–water partition coefficient (Wildman–Crippen LogP) is 3.95.